The van der Waals surface area contributed by atoms with Crippen molar-refractivity contribution in [2.75, 3.05) is 13.1 Å². The van der Waals surface area contributed by atoms with Crippen molar-refractivity contribution in [2.24, 2.45) is 11.8 Å². The fourth-order valence-electron chi connectivity index (χ4n) is 3.38. The van der Waals surface area contributed by atoms with Crippen LogP contribution in [0.25, 0.3) is 0 Å². The van der Waals surface area contributed by atoms with E-state index in [0.717, 1.165) is 25.1 Å². The van der Waals surface area contributed by atoms with E-state index >= 15 is 0 Å². The van der Waals surface area contributed by atoms with Gasteiger partial charge < -0.3 is 5.32 Å². The van der Waals surface area contributed by atoms with Gasteiger partial charge in [0.25, 0.3) is 0 Å². The largest absolute Gasteiger partial charge is 0.311 e. The van der Waals surface area contributed by atoms with E-state index in [2.05, 4.69) is 24.1 Å². The molecule has 2 atom stereocenters. The van der Waals surface area contributed by atoms with Crippen molar-refractivity contribution in [1.82, 2.24) is 10.2 Å². The summed E-state index contributed by atoms with van der Waals surface area (Å²) in [5, 5.41) is 3.66. The Labute approximate surface area is 125 Å². The van der Waals surface area contributed by atoms with E-state index in [9.17, 15) is 8.78 Å². The third-order valence-corrected chi connectivity index (χ3v) is 4.84. The molecule has 0 bridgehead atoms. The number of nitrogens with one attached hydrogen (secondary N) is 1. The normalized spacial score (nSPS) is 27.3. The first-order valence-corrected chi connectivity index (χ1v) is 7.96. The zero-order valence-electron chi connectivity index (χ0n) is 12.8. The first-order valence-electron chi connectivity index (χ1n) is 7.96. The van der Waals surface area contributed by atoms with Crippen molar-refractivity contribution in [2.45, 2.75) is 45.3 Å². The van der Waals surface area contributed by atoms with Crippen LogP contribution in [0.2, 0.25) is 0 Å². The molecule has 2 nitrogen and oxygen atoms in total. The predicted molar refractivity (Wildman–Crippen MR) is 79.9 cm³/mol. The first kappa shape index (κ1) is 14.9. The van der Waals surface area contributed by atoms with Gasteiger partial charge in [-0.05, 0) is 30.7 Å². The molecular weight excluding hydrogens is 270 g/mol. The van der Waals surface area contributed by atoms with Crippen LogP contribution < -0.4 is 5.32 Å². The lowest BCUT2D eigenvalue weighted by atomic mass is 9.96. The molecule has 4 heteroatoms. The van der Waals surface area contributed by atoms with Crippen LogP contribution >= 0.6 is 0 Å². The van der Waals surface area contributed by atoms with E-state index in [1.54, 1.807) is 6.07 Å². The van der Waals surface area contributed by atoms with E-state index in [1.807, 2.05) is 0 Å². The zero-order chi connectivity index (χ0) is 15.0. The molecule has 2 unspecified atom stereocenters. The van der Waals surface area contributed by atoms with Gasteiger partial charge in [-0.2, -0.15) is 0 Å². The summed E-state index contributed by atoms with van der Waals surface area (Å²) in [5.74, 6) is 0.367. The Morgan fingerprint density at radius 3 is 2.67 bits per heavy atom. The molecule has 0 spiro atoms. The van der Waals surface area contributed by atoms with Crippen LogP contribution in [0.1, 0.15) is 32.3 Å². The highest BCUT2D eigenvalue weighted by Gasteiger charge is 2.38. The van der Waals surface area contributed by atoms with Crippen molar-refractivity contribution < 1.29 is 8.78 Å². The van der Waals surface area contributed by atoms with E-state index in [0.29, 0.717) is 30.1 Å². The van der Waals surface area contributed by atoms with Gasteiger partial charge in [-0.25, -0.2) is 8.78 Å². The maximum Gasteiger partial charge on any atom is 0.130 e. The molecule has 2 aliphatic rings. The molecule has 1 saturated heterocycles. The SMILES string of the molecule is CC(C)C1CNC(C2CC2)CN1Cc1ccc(F)cc1F. The van der Waals surface area contributed by atoms with Gasteiger partial charge in [0.15, 0.2) is 0 Å². The van der Waals surface area contributed by atoms with Gasteiger partial charge in [0, 0.05) is 43.3 Å². The van der Waals surface area contributed by atoms with E-state index in [1.165, 1.54) is 18.9 Å². The number of benzene rings is 1. The number of hydrogen-bond acceptors (Lipinski definition) is 2. The monoisotopic (exact) mass is 294 g/mol. The Kier molecular flexibility index (Phi) is 4.27. The fourth-order valence-corrected chi connectivity index (χ4v) is 3.38. The molecule has 1 aromatic rings. The average molecular weight is 294 g/mol. The molecule has 21 heavy (non-hydrogen) atoms. The molecule has 1 heterocycles. The maximum absolute atomic E-state index is 13.9. The highest BCUT2D eigenvalue weighted by atomic mass is 19.1. The van der Waals surface area contributed by atoms with Gasteiger partial charge in [-0.1, -0.05) is 19.9 Å². The molecule has 0 aromatic heterocycles. The summed E-state index contributed by atoms with van der Waals surface area (Å²) in [6.45, 7) is 6.90. The summed E-state index contributed by atoms with van der Waals surface area (Å²) >= 11 is 0. The molecule has 1 aliphatic carbocycles. The lowest BCUT2D eigenvalue weighted by Crippen LogP contribution is -2.58. The van der Waals surface area contributed by atoms with Gasteiger partial charge in [-0.3, -0.25) is 4.90 Å². The van der Waals surface area contributed by atoms with Crippen molar-refractivity contribution in [3.63, 3.8) is 0 Å². The van der Waals surface area contributed by atoms with Gasteiger partial charge in [0.05, 0.1) is 0 Å². The van der Waals surface area contributed by atoms with Crippen molar-refractivity contribution >= 4 is 0 Å². The van der Waals surface area contributed by atoms with Gasteiger partial charge in [0.2, 0.25) is 0 Å². The number of nitrogens with zero attached hydrogens (tertiary/aromatic N) is 1. The topological polar surface area (TPSA) is 15.3 Å². The molecule has 3 rings (SSSR count). The lowest BCUT2D eigenvalue weighted by molar-refractivity contribution is 0.0841. The highest BCUT2D eigenvalue weighted by Crippen LogP contribution is 2.35. The third-order valence-electron chi connectivity index (χ3n) is 4.84. The van der Waals surface area contributed by atoms with Crippen LogP contribution in [0.4, 0.5) is 8.78 Å². The minimum absolute atomic E-state index is 0.407. The molecule has 1 aliphatic heterocycles. The molecule has 116 valence electrons. The van der Waals surface area contributed by atoms with E-state index < -0.39 is 11.6 Å². The maximum atomic E-state index is 13.9. The van der Waals surface area contributed by atoms with Crippen LogP contribution in [-0.2, 0) is 6.54 Å². The second kappa shape index (κ2) is 6.01. The standard InChI is InChI=1S/C17H24F2N2/c1-11(2)17-8-20-16(12-3-4-12)10-21(17)9-13-5-6-14(18)7-15(13)19/h5-7,11-12,16-17,20H,3-4,8-10H2,1-2H3. The second-order valence-corrected chi connectivity index (χ2v) is 6.83. The minimum Gasteiger partial charge on any atom is -0.311 e. The predicted octanol–water partition coefficient (Wildman–Crippen LogP) is 3.17. The highest BCUT2D eigenvalue weighted by molar-refractivity contribution is 5.19. The summed E-state index contributed by atoms with van der Waals surface area (Å²) in [5.41, 5.74) is 0.596. The quantitative estimate of drug-likeness (QED) is 0.917. The molecule has 1 saturated carbocycles. The van der Waals surface area contributed by atoms with Crippen LogP contribution in [0.5, 0.6) is 0 Å². The van der Waals surface area contributed by atoms with Crippen LogP contribution in [0.15, 0.2) is 18.2 Å². The Morgan fingerprint density at radius 2 is 2.05 bits per heavy atom. The zero-order valence-corrected chi connectivity index (χ0v) is 12.8. The Hall–Kier alpha value is -1.00. The summed E-state index contributed by atoms with van der Waals surface area (Å²) in [6.07, 6.45) is 2.62. The Balaban J connectivity index is 1.74. The Bertz CT molecular complexity index is 500. The molecular formula is C17H24F2N2. The van der Waals surface area contributed by atoms with Crippen LogP contribution in [0, 0.1) is 23.5 Å². The van der Waals surface area contributed by atoms with Gasteiger partial charge >= 0.3 is 0 Å². The van der Waals surface area contributed by atoms with E-state index in [4.69, 9.17) is 0 Å². The fraction of sp³-hybridized carbons (Fsp3) is 0.647. The minimum atomic E-state index is -0.507. The summed E-state index contributed by atoms with van der Waals surface area (Å²) in [6, 6.07) is 4.85. The van der Waals surface area contributed by atoms with Gasteiger partial charge in [0.1, 0.15) is 11.6 Å². The smallest absolute Gasteiger partial charge is 0.130 e. The second-order valence-electron chi connectivity index (χ2n) is 6.83. The average Bonchev–Trinajstić information content (AvgIpc) is 3.26. The molecule has 0 amide bonds. The van der Waals surface area contributed by atoms with Crippen molar-refractivity contribution in [3.8, 4) is 0 Å². The number of halogens is 2. The molecule has 0 radical (unpaired) electrons. The van der Waals surface area contributed by atoms with Crippen LogP contribution in [0.3, 0.4) is 0 Å². The van der Waals surface area contributed by atoms with E-state index in [-0.39, 0.29) is 0 Å². The number of rotatable bonds is 4. The summed E-state index contributed by atoms with van der Waals surface area (Å²) in [4.78, 5) is 2.38. The van der Waals surface area contributed by atoms with Crippen molar-refractivity contribution in [1.29, 1.82) is 0 Å². The van der Waals surface area contributed by atoms with Crippen LogP contribution in [-0.4, -0.2) is 30.1 Å². The Morgan fingerprint density at radius 1 is 1.29 bits per heavy atom. The van der Waals surface area contributed by atoms with Crippen molar-refractivity contribution in [3.05, 3.63) is 35.4 Å². The first-order chi connectivity index (χ1) is 10.0. The lowest BCUT2D eigenvalue weighted by Gasteiger charge is -2.42. The molecule has 1 aromatic carbocycles. The van der Waals surface area contributed by atoms with Gasteiger partial charge in [-0.15, -0.1) is 0 Å². The third kappa shape index (κ3) is 3.43. The summed E-state index contributed by atoms with van der Waals surface area (Å²) in [7, 11) is 0. The molecule has 1 N–H and O–H groups in total. The molecule has 2 fully saturated rings. The number of hydrogen-bond donors (Lipinski definition) is 1. The number of piperazine rings is 1. The summed E-state index contributed by atoms with van der Waals surface area (Å²) < 4.78 is 27.0.